The van der Waals surface area contributed by atoms with E-state index in [1.807, 2.05) is 24.3 Å². The van der Waals surface area contributed by atoms with E-state index in [1.54, 1.807) is 14.0 Å². The predicted molar refractivity (Wildman–Crippen MR) is 50.6 cm³/mol. The Hall–Kier alpha value is -1.51. The van der Waals surface area contributed by atoms with Crippen molar-refractivity contribution >= 4 is 5.91 Å². The van der Waals surface area contributed by atoms with Gasteiger partial charge in [-0.2, -0.15) is 0 Å². The van der Waals surface area contributed by atoms with E-state index >= 15 is 0 Å². The zero-order valence-corrected chi connectivity index (χ0v) is 7.78. The van der Waals surface area contributed by atoms with Crippen LogP contribution in [0.1, 0.15) is 18.4 Å². The van der Waals surface area contributed by atoms with Gasteiger partial charge in [-0.1, -0.05) is 12.1 Å². The molecule has 1 rings (SSSR count). The van der Waals surface area contributed by atoms with E-state index < -0.39 is 0 Å². The normalized spacial score (nSPS) is 12.2. The number of amides is 1. The number of rotatable bonds is 3. The molecule has 0 saturated heterocycles. The van der Waals surface area contributed by atoms with Gasteiger partial charge in [-0.05, 0) is 24.6 Å². The quantitative estimate of drug-likeness (QED) is 0.760. The maximum Gasteiger partial charge on any atom is 0.224 e. The number of primary amides is 1. The minimum Gasteiger partial charge on any atom is -0.497 e. The van der Waals surface area contributed by atoms with E-state index in [4.69, 9.17) is 10.5 Å². The number of carbonyl (C=O) groups excluding carboxylic acids is 1. The Bertz CT molecular complexity index is 310. The molecule has 1 atom stereocenters. The van der Waals surface area contributed by atoms with Gasteiger partial charge >= 0.3 is 0 Å². The molecule has 0 unspecified atom stereocenters. The van der Waals surface area contributed by atoms with Crippen molar-refractivity contribution in [3.63, 3.8) is 0 Å². The fourth-order valence-corrected chi connectivity index (χ4v) is 1.08. The molecule has 3 nitrogen and oxygen atoms in total. The lowest BCUT2D eigenvalue weighted by atomic mass is 10.0. The molecule has 0 aliphatic heterocycles. The van der Waals surface area contributed by atoms with Crippen molar-refractivity contribution < 1.29 is 9.53 Å². The van der Waals surface area contributed by atoms with Crippen LogP contribution < -0.4 is 10.5 Å². The summed E-state index contributed by atoms with van der Waals surface area (Å²) in [7, 11) is 1.59. The van der Waals surface area contributed by atoms with Crippen molar-refractivity contribution in [2.24, 2.45) is 5.73 Å². The van der Waals surface area contributed by atoms with E-state index in [-0.39, 0.29) is 11.8 Å². The van der Waals surface area contributed by atoms with Crippen molar-refractivity contribution in [3.05, 3.63) is 29.8 Å². The lowest BCUT2D eigenvalue weighted by Crippen LogP contribution is -2.18. The highest BCUT2D eigenvalue weighted by Gasteiger charge is 2.11. The molecule has 2 N–H and O–H groups in total. The van der Waals surface area contributed by atoms with E-state index in [0.29, 0.717) is 0 Å². The molecule has 0 saturated carbocycles. The summed E-state index contributed by atoms with van der Waals surface area (Å²) >= 11 is 0. The number of methoxy groups -OCH3 is 1. The molecular formula is C10H13NO2. The number of benzene rings is 1. The summed E-state index contributed by atoms with van der Waals surface area (Å²) in [5.74, 6) is 0.147. The van der Waals surface area contributed by atoms with Gasteiger partial charge in [0.1, 0.15) is 5.75 Å². The maximum atomic E-state index is 10.9. The SMILES string of the molecule is COc1cccc([C@@H](C)C(N)=O)c1. The summed E-state index contributed by atoms with van der Waals surface area (Å²) in [5.41, 5.74) is 6.06. The summed E-state index contributed by atoms with van der Waals surface area (Å²) in [5, 5.41) is 0. The molecular weight excluding hydrogens is 166 g/mol. The molecule has 0 bridgehead atoms. The molecule has 13 heavy (non-hydrogen) atoms. The first kappa shape index (κ1) is 9.58. The van der Waals surface area contributed by atoms with Gasteiger partial charge in [0, 0.05) is 0 Å². The number of carbonyl (C=O) groups is 1. The van der Waals surface area contributed by atoms with Crippen molar-refractivity contribution in [2.45, 2.75) is 12.8 Å². The molecule has 1 aromatic carbocycles. The number of nitrogens with two attached hydrogens (primary N) is 1. The highest BCUT2D eigenvalue weighted by Crippen LogP contribution is 2.19. The summed E-state index contributed by atoms with van der Waals surface area (Å²) in [6, 6.07) is 7.35. The minimum absolute atomic E-state index is 0.268. The van der Waals surface area contributed by atoms with Gasteiger partial charge in [0.2, 0.25) is 5.91 Å². The van der Waals surface area contributed by atoms with Crippen LogP contribution in [-0.2, 0) is 4.79 Å². The fraction of sp³-hybridized carbons (Fsp3) is 0.300. The third-order valence-corrected chi connectivity index (χ3v) is 2.02. The Labute approximate surface area is 77.5 Å². The third kappa shape index (κ3) is 2.21. The van der Waals surface area contributed by atoms with Crippen LogP contribution in [0.15, 0.2) is 24.3 Å². The van der Waals surface area contributed by atoms with Gasteiger partial charge in [-0.3, -0.25) is 4.79 Å². The zero-order chi connectivity index (χ0) is 9.84. The lowest BCUT2D eigenvalue weighted by molar-refractivity contribution is -0.119. The first-order valence-corrected chi connectivity index (χ1v) is 4.08. The Morgan fingerprint density at radius 3 is 2.77 bits per heavy atom. The molecule has 1 amide bonds. The van der Waals surface area contributed by atoms with Gasteiger partial charge in [-0.25, -0.2) is 0 Å². The lowest BCUT2D eigenvalue weighted by Gasteiger charge is -2.08. The molecule has 0 aromatic heterocycles. The van der Waals surface area contributed by atoms with Crippen molar-refractivity contribution in [1.82, 2.24) is 0 Å². The van der Waals surface area contributed by atoms with Crippen LogP contribution in [0.5, 0.6) is 5.75 Å². The number of hydrogen-bond donors (Lipinski definition) is 1. The first-order valence-electron chi connectivity index (χ1n) is 4.08. The molecule has 0 aliphatic carbocycles. The summed E-state index contributed by atoms with van der Waals surface area (Å²) in [4.78, 5) is 10.9. The molecule has 0 aliphatic rings. The second-order valence-electron chi connectivity index (χ2n) is 2.90. The van der Waals surface area contributed by atoms with Crippen LogP contribution in [0.25, 0.3) is 0 Å². The second kappa shape index (κ2) is 3.94. The monoisotopic (exact) mass is 179 g/mol. The van der Waals surface area contributed by atoms with Crippen LogP contribution in [0.2, 0.25) is 0 Å². The maximum absolute atomic E-state index is 10.9. The summed E-state index contributed by atoms with van der Waals surface area (Å²) < 4.78 is 5.03. The average molecular weight is 179 g/mol. The van der Waals surface area contributed by atoms with E-state index in [0.717, 1.165) is 11.3 Å². The molecule has 70 valence electrons. The molecule has 0 heterocycles. The summed E-state index contributed by atoms with van der Waals surface area (Å²) in [6.07, 6.45) is 0. The topological polar surface area (TPSA) is 52.3 Å². The smallest absolute Gasteiger partial charge is 0.224 e. The van der Waals surface area contributed by atoms with Crippen LogP contribution in [-0.4, -0.2) is 13.0 Å². The number of hydrogen-bond acceptors (Lipinski definition) is 2. The average Bonchev–Trinajstić information content (AvgIpc) is 2.16. The van der Waals surface area contributed by atoms with Crippen molar-refractivity contribution in [1.29, 1.82) is 0 Å². The Morgan fingerprint density at radius 2 is 2.23 bits per heavy atom. The largest absolute Gasteiger partial charge is 0.497 e. The Kier molecular flexibility index (Phi) is 2.90. The van der Waals surface area contributed by atoms with Crippen molar-refractivity contribution in [2.75, 3.05) is 7.11 Å². The van der Waals surface area contributed by atoms with Gasteiger partial charge in [-0.15, -0.1) is 0 Å². The Morgan fingerprint density at radius 1 is 1.54 bits per heavy atom. The molecule has 0 radical (unpaired) electrons. The van der Waals surface area contributed by atoms with Gasteiger partial charge < -0.3 is 10.5 Å². The first-order chi connectivity index (χ1) is 6.15. The van der Waals surface area contributed by atoms with Gasteiger partial charge in [0.25, 0.3) is 0 Å². The van der Waals surface area contributed by atoms with E-state index in [9.17, 15) is 4.79 Å². The van der Waals surface area contributed by atoms with Crippen LogP contribution in [0, 0.1) is 0 Å². The fourth-order valence-electron chi connectivity index (χ4n) is 1.08. The molecule has 0 spiro atoms. The summed E-state index contributed by atoms with van der Waals surface area (Å²) in [6.45, 7) is 1.77. The van der Waals surface area contributed by atoms with Gasteiger partial charge in [0.15, 0.2) is 0 Å². The standard InChI is InChI=1S/C10H13NO2/c1-7(10(11)12)8-4-3-5-9(6-8)13-2/h3-7H,1-2H3,(H2,11,12)/t7-/m1/s1. The number of ether oxygens (including phenoxy) is 1. The minimum atomic E-state index is -0.326. The van der Waals surface area contributed by atoms with E-state index in [1.165, 1.54) is 0 Å². The van der Waals surface area contributed by atoms with E-state index in [2.05, 4.69) is 0 Å². The highest BCUT2D eigenvalue weighted by atomic mass is 16.5. The van der Waals surface area contributed by atoms with Crippen LogP contribution in [0.4, 0.5) is 0 Å². The van der Waals surface area contributed by atoms with Crippen LogP contribution >= 0.6 is 0 Å². The molecule has 0 fully saturated rings. The zero-order valence-electron chi connectivity index (χ0n) is 7.78. The van der Waals surface area contributed by atoms with Crippen molar-refractivity contribution in [3.8, 4) is 5.75 Å². The second-order valence-corrected chi connectivity index (χ2v) is 2.90. The molecule has 3 heteroatoms. The highest BCUT2D eigenvalue weighted by molar-refractivity contribution is 5.81. The van der Waals surface area contributed by atoms with Crippen LogP contribution in [0.3, 0.4) is 0 Å². The predicted octanol–water partition coefficient (Wildman–Crippen LogP) is 1.28. The Balaban J connectivity index is 2.94. The third-order valence-electron chi connectivity index (χ3n) is 2.02. The van der Waals surface area contributed by atoms with Gasteiger partial charge in [0.05, 0.1) is 13.0 Å². The molecule has 1 aromatic rings.